The van der Waals surface area contributed by atoms with Gasteiger partial charge < -0.3 is 19.7 Å². The molecule has 11 heteroatoms. The lowest BCUT2D eigenvalue weighted by atomic mass is 10.3. The van der Waals surface area contributed by atoms with Crippen molar-refractivity contribution in [1.82, 2.24) is 4.98 Å². The summed E-state index contributed by atoms with van der Waals surface area (Å²) < 4.78 is 10.7. The summed E-state index contributed by atoms with van der Waals surface area (Å²) in [6.45, 7) is -0.161. The van der Waals surface area contributed by atoms with Gasteiger partial charge in [-0.25, -0.2) is 4.98 Å². The van der Waals surface area contributed by atoms with Crippen molar-refractivity contribution < 1.29 is 24.6 Å². The molecule has 1 aromatic carbocycles. The van der Waals surface area contributed by atoms with Crippen LogP contribution in [0.2, 0.25) is 0 Å². The summed E-state index contributed by atoms with van der Waals surface area (Å²) in [6, 6.07) is 4.72. The minimum atomic E-state index is -0.551. The maximum absolute atomic E-state index is 10.6. The number of hydrogen-bond donors (Lipinski definition) is 2. The number of aliphatic hydroxyl groups excluding tert-OH is 2. The Labute approximate surface area is 140 Å². The van der Waals surface area contributed by atoms with Crippen molar-refractivity contribution in [3.05, 3.63) is 34.5 Å². The summed E-state index contributed by atoms with van der Waals surface area (Å²) in [6.07, 6.45) is 1.11. The quantitative estimate of drug-likeness (QED) is 0.399. The topological polar surface area (TPSA) is 140 Å². The molecule has 0 aliphatic heterocycles. The number of aromatic nitrogens is 1. The Morgan fingerprint density at radius 3 is 2.50 bits per heavy atom. The molecule has 0 atom stereocenters. The monoisotopic (exact) mass is 354 g/mol. The van der Waals surface area contributed by atoms with Crippen molar-refractivity contribution >= 4 is 27.2 Å². The Hall–Kier alpha value is -2.63. The number of benzene rings is 1. The van der Waals surface area contributed by atoms with Gasteiger partial charge in [-0.15, -0.1) is 10.2 Å². The van der Waals surface area contributed by atoms with E-state index in [1.807, 2.05) is 0 Å². The Morgan fingerprint density at radius 1 is 1.17 bits per heavy atom. The van der Waals surface area contributed by atoms with E-state index in [-0.39, 0.29) is 36.6 Å². The van der Waals surface area contributed by atoms with Gasteiger partial charge >= 0.3 is 5.00 Å². The molecule has 0 amide bonds. The first-order chi connectivity index (χ1) is 11.6. The number of thiazole rings is 1. The average Bonchev–Trinajstić information content (AvgIpc) is 3.06. The summed E-state index contributed by atoms with van der Waals surface area (Å²) in [7, 11) is 0. The van der Waals surface area contributed by atoms with Gasteiger partial charge in [0.2, 0.25) is 5.13 Å². The lowest BCUT2D eigenvalue weighted by Crippen LogP contribution is -2.06. The van der Waals surface area contributed by atoms with E-state index < -0.39 is 4.92 Å². The Balaban J connectivity index is 2.16. The fourth-order valence-corrected chi connectivity index (χ4v) is 2.14. The molecule has 0 spiro atoms. The van der Waals surface area contributed by atoms with Gasteiger partial charge in [-0.2, -0.15) is 0 Å². The lowest BCUT2D eigenvalue weighted by molar-refractivity contribution is -0.380. The van der Waals surface area contributed by atoms with Crippen molar-refractivity contribution in [3.8, 4) is 11.5 Å². The van der Waals surface area contributed by atoms with Crippen LogP contribution in [0.5, 0.6) is 11.5 Å². The highest BCUT2D eigenvalue weighted by molar-refractivity contribution is 7.18. The average molecular weight is 354 g/mol. The minimum Gasteiger partial charge on any atom is -0.487 e. The molecular weight excluding hydrogens is 340 g/mol. The van der Waals surface area contributed by atoms with Crippen molar-refractivity contribution in [3.63, 3.8) is 0 Å². The molecule has 10 nitrogen and oxygen atoms in total. The molecule has 2 rings (SSSR count). The number of nitro groups is 1. The molecule has 24 heavy (non-hydrogen) atoms. The van der Waals surface area contributed by atoms with E-state index in [0.29, 0.717) is 17.2 Å². The molecule has 0 fully saturated rings. The van der Waals surface area contributed by atoms with Gasteiger partial charge in [-0.1, -0.05) is 0 Å². The summed E-state index contributed by atoms with van der Waals surface area (Å²) in [5, 5.41) is 36.1. The molecule has 0 saturated carbocycles. The number of rotatable bonds is 9. The third kappa shape index (κ3) is 4.94. The fraction of sp³-hybridized carbons (Fsp3) is 0.308. The standard InChI is InChI=1S/C13H14N4O6S/c18-3-5-22-10-2-1-9(7-11(10)23-6-4-19)15-16-13-14-8-12(24-13)17(20)21/h1-2,7-8,18-19H,3-6H2. The van der Waals surface area contributed by atoms with Gasteiger partial charge in [0, 0.05) is 6.07 Å². The first-order valence-electron chi connectivity index (χ1n) is 6.77. The minimum absolute atomic E-state index is 0.0642. The molecule has 1 heterocycles. The predicted octanol–water partition coefficient (Wildman–Crippen LogP) is 2.21. The number of nitrogens with zero attached hydrogens (tertiary/aromatic N) is 4. The van der Waals surface area contributed by atoms with E-state index in [2.05, 4.69) is 15.2 Å². The maximum Gasteiger partial charge on any atom is 0.345 e. The van der Waals surface area contributed by atoms with Crippen LogP contribution in [0.15, 0.2) is 34.6 Å². The van der Waals surface area contributed by atoms with E-state index in [9.17, 15) is 10.1 Å². The van der Waals surface area contributed by atoms with Crippen LogP contribution in [0, 0.1) is 10.1 Å². The second-order valence-corrected chi connectivity index (χ2v) is 5.20. The Bertz CT molecular complexity index is 720. The van der Waals surface area contributed by atoms with E-state index >= 15 is 0 Å². The molecule has 1 aromatic heterocycles. The zero-order valence-electron chi connectivity index (χ0n) is 12.4. The van der Waals surface area contributed by atoms with Crippen LogP contribution < -0.4 is 9.47 Å². The van der Waals surface area contributed by atoms with E-state index in [4.69, 9.17) is 19.7 Å². The van der Waals surface area contributed by atoms with Gasteiger partial charge in [0.15, 0.2) is 11.5 Å². The van der Waals surface area contributed by atoms with Gasteiger partial charge in [-0.05, 0) is 23.5 Å². The van der Waals surface area contributed by atoms with Crippen LogP contribution >= 0.6 is 11.3 Å². The molecule has 0 bridgehead atoms. The molecule has 0 saturated heterocycles. The summed E-state index contributed by atoms with van der Waals surface area (Å²) in [4.78, 5) is 13.8. The molecule has 128 valence electrons. The van der Waals surface area contributed by atoms with Crippen molar-refractivity contribution in [2.24, 2.45) is 10.2 Å². The van der Waals surface area contributed by atoms with Crippen LogP contribution in [-0.2, 0) is 0 Å². The van der Waals surface area contributed by atoms with Crippen LogP contribution in [0.3, 0.4) is 0 Å². The predicted molar refractivity (Wildman–Crippen MR) is 84.5 cm³/mol. The molecule has 2 N–H and O–H groups in total. The first-order valence-corrected chi connectivity index (χ1v) is 7.59. The van der Waals surface area contributed by atoms with Crippen molar-refractivity contribution in [2.45, 2.75) is 0 Å². The van der Waals surface area contributed by atoms with Gasteiger partial charge in [0.1, 0.15) is 19.4 Å². The molecule has 0 aliphatic carbocycles. The van der Waals surface area contributed by atoms with Crippen LogP contribution in [0.4, 0.5) is 15.8 Å². The zero-order valence-corrected chi connectivity index (χ0v) is 13.2. The highest BCUT2D eigenvalue weighted by Crippen LogP contribution is 2.33. The summed E-state index contributed by atoms with van der Waals surface area (Å²) >= 11 is 0.805. The maximum atomic E-state index is 10.6. The Morgan fingerprint density at radius 2 is 1.88 bits per heavy atom. The Kier molecular flexibility index (Phi) is 6.54. The number of aliphatic hydroxyl groups is 2. The third-order valence-electron chi connectivity index (χ3n) is 2.54. The number of ether oxygens (including phenoxy) is 2. The van der Waals surface area contributed by atoms with Gasteiger partial charge in [0.25, 0.3) is 0 Å². The highest BCUT2D eigenvalue weighted by atomic mass is 32.1. The van der Waals surface area contributed by atoms with E-state index in [1.165, 1.54) is 6.07 Å². The van der Waals surface area contributed by atoms with Crippen molar-refractivity contribution in [2.75, 3.05) is 26.4 Å². The third-order valence-corrected chi connectivity index (χ3v) is 3.37. The fourth-order valence-electron chi connectivity index (χ4n) is 1.59. The van der Waals surface area contributed by atoms with Crippen LogP contribution in [-0.4, -0.2) is 46.5 Å². The zero-order chi connectivity index (χ0) is 17.4. The van der Waals surface area contributed by atoms with Crippen LogP contribution in [0.25, 0.3) is 0 Å². The number of azo groups is 1. The highest BCUT2D eigenvalue weighted by Gasteiger charge is 2.11. The second kappa shape index (κ2) is 8.86. The number of hydrogen-bond acceptors (Lipinski definition) is 10. The van der Waals surface area contributed by atoms with E-state index in [0.717, 1.165) is 17.5 Å². The van der Waals surface area contributed by atoms with Crippen LogP contribution in [0.1, 0.15) is 0 Å². The van der Waals surface area contributed by atoms with Gasteiger partial charge in [-0.3, -0.25) is 10.1 Å². The smallest absolute Gasteiger partial charge is 0.345 e. The molecule has 0 aliphatic rings. The first kappa shape index (κ1) is 17.7. The van der Waals surface area contributed by atoms with Crippen molar-refractivity contribution in [1.29, 1.82) is 0 Å². The van der Waals surface area contributed by atoms with Gasteiger partial charge in [0.05, 0.1) is 23.8 Å². The normalized spacial score (nSPS) is 10.9. The molecular formula is C13H14N4O6S. The lowest BCUT2D eigenvalue weighted by Gasteiger charge is -2.11. The molecule has 0 unspecified atom stereocenters. The second-order valence-electron chi connectivity index (χ2n) is 4.21. The molecule has 0 radical (unpaired) electrons. The summed E-state index contributed by atoms with van der Waals surface area (Å²) in [5.74, 6) is 0.723. The summed E-state index contributed by atoms with van der Waals surface area (Å²) in [5.41, 5.74) is 0.414. The SMILES string of the molecule is O=[N+]([O-])c1cnc(N=Nc2ccc(OCCO)c(OCCO)c2)s1. The molecule has 2 aromatic rings. The largest absolute Gasteiger partial charge is 0.487 e. The van der Waals surface area contributed by atoms with E-state index in [1.54, 1.807) is 12.1 Å².